The molecule has 1 aliphatic heterocycles. The maximum Gasteiger partial charge on any atom is 0.408 e. The normalized spacial score (nSPS) is 21.2. The lowest BCUT2D eigenvalue weighted by atomic mass is 9.94. The number of carbonyl (C=O) groups is 3. The van der Waals surface area contributed by atoms with Gasteiger partial charge in [-0.3, -0.25) is 14.5 Å². The van der Waals surface area contributed by atoms with Crippen LogP contribution in [0.3, 0.4) is 0 Å². The van der Waals surface area contributed by atoms with Crippen LogP contribution in [0.4, 0.5) is 4.79 Å². The monoisotopic (exact) mass is 731 g/mol. The summed E-state index contributed by atoms with van der Waals surface area (Å²) in [6, 6.07) is 15.7. The summed E-state index contributed by atoms with van der Waals surface area (Å²) < 4.78 is 23.5. The molecule has 2 saturated carbocycles. The lowest BCUT2D eigenvalue weighted by Gasteiger charge is -2.30. The fourth-order valence-electron chi connectivity index (χ4n) is 7.27. The van der Waals surface area contributed by atoms with Crippen LogP contribution in [0.25, 0.3) is 17.4 Å². The highest BCUT2D eigenvalue weighted by atomic mass is 32.2. The zero-order valence-corrected chi connectivity index (χ0v) is 31.3. The smallest absolute Gasteiger partial charge is 0.408 e. The van der Waals surface area contributed by atoms with E-state index in [-0.39, 0.29) is 17.9 Å². The average molecular weight is 732 g/mol. The molecule has 2 bridgehead atoms. The van der Waals surface area contributed by atoms with Crippen LogP contribution < -0.4 is 20.1 Å². The summed E-state index contributed by atoms with van der Waals surface area (Å²) in [6.45, 7) is 5.64. The topological polar surface area (TPSA) is 119 Å². The van der Waals surface area contributed by atoms with E-state index in [9.17, 15) is 14.4 Å². The molecule has 3 amide bonds. The molecule has 6 rings (SSSR count). The predicted octanol–water partition coefficient (Wildman–Crippen LogP) is 7.67. The van der Waals surface area contributed by atoms with Gasteiger partial charge in [-0.25, -0.2) is 4.79 Å². The number of thiocarbonyl (C=S) groups is 1. The number of methoxy groups -OCH3 is 2. The molecule has 3 fully saturated rings. The van der Waals surface area contributed by atoms with Crippen LogP contribution in [0, 0.1) is 11.8 Å². The van der Waals surface area contributed by atoms with Crippen LogP contribution in [0.5, 0.6) is 11.5 Å². The molecule has 0 radical (unpaired) electrons. The first kappa shape index (κ1) is 36.5. The minimum absolute atomic E-state index is 0.0646. The highest BCUT2D eigenvalue weighted by molar-refractivity contribution is 8.26. The Labute approximate surface area is 308 Å². The third-order valence-corrected chi connectivity index (χ3v) is 10.9. The summed E-state index contributed by atoms with van der Waals surface area (Å²) in [6.07, 6.45) is 6.81. The highest BCUT2D eigenvalue weighted by Gasteiger charge is 2.48. The molecule has 2 aliphatic carbocycles. The quantitative estimate of drug-likeness (QED) is 0.110. The number of benzene rings is 2. The van der Waals surface area contributed by atoms with E-state index >= 15 is 0 Å². The lowest BCUT2D eigenvalue weighted by molar-refractivity contribution is -0.124. The molecule has 51 heavy (non-hydrogen) atoms. The number of fused-ring (bicyclic) bond motifs is 2. The Morgan fingerprint density at radius 1 is 1.08 bits per heavy atom. The standard InChI is InChI=1S/C39H45N3O7S2/c1-39(2,3)49-37(45)41-34(24-10-7-6-8-11-24)35(43)40-17-9-12-26-20-32(28-16-15-27(46-4)21-31(28)47-5)48-30(26)22-33-36(44)42(38(50)51-33)29-19-23-13-14-25(29)18-23/h6-8,10-11,15-16,20-23,25,29,34H,9,12-14,17-19H2,1-5H3,(H,40,43)(H,41,45)/b33-22-/t23-,25-,29-,34-/m0/s1. The predicted molar refractivity (Wildman–Crippen MR) is 201 cm³/mol. The van der Waals surface area contributed by atoms with Gasteiger partial charge in [0.05, 0.1) is 24.7 Å². The SMILES string of the molecule is COc1ccc(-c2cc(CCCNC(=O)[C@@H](NC(=O)OC(C)(C)C)c3ccccc3)c(/C=C3\SC(=S)N([C@H]4C[C@H]5CC[C@H]4C5)C3=O)o2)c(OC)c1. The second-order valence-corrected chi connectivity index (χ2v) is 15.9. The first-order valence-corrected chi connectivity index (χ1v) is 18.6. The first-order chi connectivity index (χ1) is 24.4. The van der Waals surface area contributed by atoms with Crippen molar-refractivity contribution in [3.05, 3.63) is 76.4 Å². The van der Waals surface area contributed by atoms with Crippen molar-refractivity contribution >= 4 is 52.3 Å². The van der Waals surface area contributed by atoms with E-state index in [2.05, 4.69) is 10.6 Å². The maximum atomic E-state index is 13.8. The molecule has 3 aromatic rings. The van der Waals surface area contributed by atoms with Crippen LogP contribution in [-0.2, 0) is 20.7 Å². The minimum atomic E-state index is -0.934. The lowest BCUT2D eigenvalue weighted by Crippen LogP contribution is -2.42. The third-order valence-electron chi connectivity index (χ3n) is 9.61. The number of thioether (sulfide) groups is 1. The van der Waals surface area contributed by atoms with E-state index in [1.807, 2.05) is 41.3 Å². The summed E-state index contributed by atoms with van der Waals surface area (Å²) in [4.78, 5) is 42.2. The number of ether oxygens (including phenoxy) is 3. The van der Waals surface area contributed by atoms with Crippen LogP contribution in [-0.4, -0.2) is 59.5 Å². The van der Waals surface area contributed by atoms with E-state index in [0.29, 0.717) is 69.0 Å². The van der Waals surface area contributed by atoms with Crippen molar-refractivity contribution < 1.29 is 33.0 Å². The number of rotatable bonds is 12. The Bertz CT molecular complexity index is 1820. The van der Waals surface area contributed by atoms with Crippen molar-refractivity contribution in [1.82, 2.24) is 15.5 Å². The number of furan rings is 1. The molecule has 12 heteroatoms. The maximum absolute atomic E-state index is 13.8. The number of aryl methyl sites for hydroxylation is 1. The fourth-order valence-corrected chi connectivity index (χ4v) is 8.62. The van der Waals surface area contributed by atoms with Crippen molar-refractivity contribution in [2.45, 2.75) is 77.0 Å². The van der Waals surface area contributed by atoms with Gasteiger partial charge in [-0.15, -0.1) is 0 Å². The number of hydrogen-bond donors (Lipinski definition) is 2. The van der Waals surface area contributed by atoms with Gasteiger partial charge in [-0.1, -0.05) is 60.7 Å². The number of carbonyl (C=O) groups excluding carboxylic acids is 3. The van der Waals surface area contributed by atoms with E-state index in [1.165, 1.54) is 24.6 Å². The van der Waals surface area contributed by atoms with Crippen LogP contribution in [0.15, 0.2) is 63.9 Å². The number of amides is 3. The molecule has 0 spiro atoms. The first-order valence-electron chi connectivity index (χ1n) is 17.4. The molecule has 10 nitrogen and oxygen atoms in total. The van der Waals surface area contributed by atoms with Crippen LogP contribution in [0.1, 0.15) is 75.8 Å². The number of nitrogens with zero attached hydrogens (tertiary/aromatic N) is 1. The zero-order chi connectivity index (χ0) is 36.3. The summed E-state index contributed by atoms with van der Waals surface area (Å²) in [7, 11) is 3.19. The van der Waals surface area contributed by atoms with Gasteiger partial charge in [0.2, 0.25) is 5.91 Å². The Balaban J connectivity index is 1.20. The molecule has 2 N–H and O–H groups in total. The molecule has 270 valence electrons. The molecule has 1 saturated heterocycles. The second kappa shape index (κ2) is 15.5. The molecule has 0 unspecified atom stereocenters. The Morgan fingerprint density at radius 2 is 1.86 bits per heavy atom. The Morgan fingerprint density at radius 3 is 2.53 bits per heavy atom. The van der Waals surface area contributed by atoms with E-state index < -0.39 is 17.7 Å². The van der Waals surface area contributed by atoms with Crippen molar-refractivity contribution in [2.24, 2.45) is 11.8 Å². The van der Waals surface area contributed by atoms with Gasteiger partial charge in [-0.05, 0) is 94.0 Å². The largest absolute Gasteiger partial charge is 0.497 e. The van der Waals surface area contributed by atoms with Crippen molar-refractivity contribution in [3.8, 4) is 22.8 Å². The Kier molecular flexibility index (Phi) is 11.1. The van der Waals surface area contributed by atoms with Crippen LogP contribution in [0.2, 0.25) is 0 Å². The van der Waals surface area contributed by atoms with Gasteiger partial charge in [0.1, 0.15) is 39.0 Å². The van der Waals surface area contributed by atoms with Crippen LogP contribution >= 0.6 is 24.0 Å². The summed E-state index contributed by atoms with van der Waals surface area (Å²) in [5, 5.41) is 5.69. The van der Waals surface area contributed by atoms with Gasteiger partial charge < -0.3 is 29.3 Å². The zero-order valence-electron chi connectivity index (χ0n) is 29.7. The fraction of sp³-hybridized carbons (Fsp3) is 0.436. The summed E-state index contributed by atoms with van der Waals surface area (Å²) in [5.41, 5.74) is 1.53. The van der Waals surface area contributed by atoms with E-state index in [0.717, 1.165) is 24.0 Å². The van der Waals surface area contributed by atoms with Gasteiger partial charge in [0.25, 0.3) is 5.91 Å². The van der Waals surface area contributed by atoms with Crippen molar-refractivity contribution in [2.75, 3.05) is 20.8 Å². The molecule has 4 atom stereocenters. The highest BCUT2D eigenvalue weighted by Crippen LogP contribution is 2.49. The van der Waals surface area contributed by atoms with Crippen molar-refractivity contribution in [3.63, 3.8) is 0 Å². The van der Waals surface area contributed by atoms with E-state index in [4.69, 9.17) is 30.8 Å². The Hall–Kier alpha value is -4.29. The molecule has 3 aliphatic rings. The summed E-state index contributed by atoms with van der Waals surface area (Å²) >= 11 is 7.07. The van der Waals surface area contributed by atoms with Gasteiger partial charge in [0, 0.05) is 24.7 Å². The average Bonchev–Trinajstić information content (AvgIpc) is 3.89. The molecule has 2 heterocycles. The molecule has 1 aromatic heterocycles. The molecular weight excluding hydrogens is 687 g/mol. The molecular formula is C39H45N3O7S2. The third kappa shape index (κ3) is 8.44. The van der Waals surface area contributed by atoms with E-state index in [1.54, 1.807) is 59.3 Å². The van der Waals surface area contributed by atoms with Gasteiger partial charge >= 0.3 is 6.09 Å². The minimum Gasteiger partial charge on any atom is -0.497 e. The van der Waals surface area contributed by atoms with Crippen molar-refractivity contribution in [1.29, 1.82) is 0 Å². The van der Waals surface area contributed by atoms with Gasteiger partial charge in [0.15, 0.2) is 0 Å². The van der Waals surface area contributed by atoms with Gasteiger partial charge in [-0.2, -0.15) is 0 Å². The molecule has 2 aromatic carbocycles. The summed E-state index contributed by atoms with van der Waals surface area (Å²) in [5.74, 6) is 3.14. The number of hydrogen-bond acceptors (Lipinski definition) is 9. The number of nitrogens with one attached hydrogen (secondary N) is 2. The second-order valence-electron chi connectivity index (χ2n) is 14.2. The number of alkyl carbamates (subject to hydrolysis) is 1.